The Morgan fingerprint density at radius 3 is 2.79 bits per heavy atom. The quantitative estimate of drug-likeness (QED) is 0.713. The molecule has 2 saturated heterocycles. The maximum absolute atomic E-state index is 11.9. The number of likely N-dealkylation sites (tertiary alicyclic amines) is 1. The average molecular weight is 390 g/mol. The number of carbonyl (C=O) groups excluding carboxylic acids is 1. The number of esters is 1. The first-order valence-electron chi connectivity index (χ1n) is 9.80. The van der Waals surface area contributed by atoms with E-state index in [9.17, 15) is 9.90 Å². The van der Waals surface area contributed by atoms with Gasteiger partial charge in [0, 0.05) is 31.7 Å². The first kappa shape index (κ1) is 20.6. The number of rotatable bonds is 7. The van der Waals surface area contributed by atoms with Gasteiger partial charge in [0.25, 0.3) is 0 Å². The minimum absolute atomic E-state index is 0.152. The molecule has 0 saturated carbocycles. The number of phenolic OH excluding ortho intramolecular Hbond substituents is 1. The predicted molar refractivity (Wildman–Crippen MR) is 106 cm³/mol. The Bertz CT molecular complexity index is 700. The molecule has 0 aromatic heterocycles. The summed E-state index contributed by atoms with van der Waals surface area (Å²) in [7, 11) is 3.00. The maximum atomic E-state index is 11.9. The van der Waals surface area contributed by atoms with E-state index >= 15 is 0 Å². The van der Waals surface area contributed by atoms with E-state index in [-0.39, 0.29) is 17.8 Å². The van der Waals surface area contributed by atoms with Crippen molar-refractivity contribution in [2.24, 2.45) is 0 Å². The molecule has 0 unspecified atom stereocenters. The minimum atomic E-state index is -0.162. The number of hydrogen-bond acceptors (Lipinski definition) is 7. The van der Waals surface area contributed by atoms with Crippen molar-refractivity contribution in [3.8, 4) is 11.5 Å². The molecule has 0 radical (unpaired) electrons. The minimum Gasteiger partial charge on any atom is -0.504 e. The van der Waals surface area contributed by atoms with Crippen molar-refractivity contribution in [3.63, 3.8) is 0 Å². The van der Waals surface area contributed by atoms with Crippen molar-refractivity contribution in [1.29, 1.82) is 0 Å². The van der Waals surface area contributed by atoms with E-state index in [1.165, 1.54) is 7.11 Å². The molecule has 2 aliphatic heterocycles. The predicted octanol–water partition coefficient (Wildman–Crippen LogP) is 1.88. The zero-order valence-electron chi connectivity index (χ0n) is 16.7. The Labute approximate surface area is 166 Å². The highest BCUT2D eigenvalue weighted by atomic mass is 16.5. The Morgan fingerprint density at radius 2 is 2.07 bits per heavy atom. The fourth-order valence-electron chi connectivity index (χ4n) is 3.83. The van der Waals surface area contributed by atoms with Crippen molar-refractivity contribution in [2.45, 2.75) is 25.4 Å². The lowest BCUT2D eigenvalue weighted by molar-refractivity contribution is -0.145. The van der Waals surface area contributed by atoms with Gasteiger partial charge >= 0.3 is 5.97 Å². The number of methoxy groups -OCH3 is 2. The summed E-state index contributed by atoms with van der Waals surface area (Å²) in [6.45, 7) is 5.37. The van der Waals surface area contributed by atoms with Crippen LogP contribution in [-0.4, -0.2) is 80.5 Å². The summed E-state index contributed by atoms with van der Waals surface area (Å²) in [6, 6.07) is 3.67. The standard InChI is InChI=1S/C21H30N2O5/c1-26-19-14-16(5-3-7-23-8-4-6-18(23)21(25)27-2)13-17(20(19)24)15-22-9-11-28-12-10-22/h3,5,13-14,18,24H,4,6-12,15H2,1-2H3/t18-/m0/s1. The van der Waals surface area contributed by atoms with Crippen LogP contribution in [0.25, 0.3) is 6.08 Å². The van der Waals surface area contributed by atoms with Crippen LogP contribution >= 0.6 is 0 Å². The Hall–Kier alpha value is -2.09. The first-order chi connectivity index (χ1) is 13.6. The van der Waals surface area contributed by atoms with Crippen LogP contribution in [0.5, 0.6) is 11.5 Å². The van der Waals surface area contributed by atoms with Gasteiger partial charge in [-0.15, -0.1) is 0 Å². The summed E-state index contributed by atoms with van der Waals surface area (Å²) in [5.74, 6) is 0.500. The second-order valence-electron chi connectivity index (χ2n) is 7.20. The zero-order valence-corrected chi connectivity index (χ0v) is 16.7. The lowest BCUT2D eigenvalue weighted by Crippen LogP contribution is -2.36. The van der Waals surface area contributed by atoms with Gasteiger partial charge in [0.2, 0.25) is 0 Å². The summed E-state index contributed by atoms with van der Waals surface area (Å²) in [5, 5.41) is 10.5. The molecule has 7 heteroatoms. The third-order valence-corrected chi connectivity index (χ3v) is 5.38. The normalized spacial score (nSPS) is 21.3. The molecule has 0 spiro atoms. The number of benzene rings is 1. The van der Waals surface area contributed by atoms with Crippen LogP contribution in [0.15, 0.2) is 18.2 Å². The van der Waals surface area contributed by atoms with E-state index in [2.05, 4.69) is 9.80 Å². The summed E-state index contributed by atoms with van der Waals surface area (Å²) in [6.07, 6.45) is 5.91. The molecular weight excluding hydrogens is 360 g/mol. The summed E-state index contributed by atoms with van der Waals surface area (Å²) in [4.78, 5) is 16.3. The molecule has 0 bridgehead atoms. The van der Waals surface area contributed by atoms with Gasteiger partial charge in [0.1, 0.15) is 6.04 Å². The molecule has 154 valence electrons. The van der Waals surface area contributed by atoms with Crippen molar-refractivity contribution < 1.29 is 24.1 Å². The maximum Gasteiger partial charge on any atom is 0.323 e. The number of hydrogen-bond donors (Lipinski definition) is 1. The van der Waals surface area contributed by atoms with Gasteiger partial charge in [-0.25, -0.2) is 0 Å². The fourth-order valence-corrected chi connectivity index (χ4v) is 3.83. The van der Waals surface area contributed by atoms with E-state index in [0.717, 1.165) is 43.6 Å². The molecule has 0 amide bonds. The molecule has 1 aromatic rings. The van der Waals surface area contributed by atoms with Crippen LogP contribution in [0.4, 0.5) is 0 Å². The molecule has 2 fully saturated rings. The molecule has 1 aromatic carbocycles. The number of morpholine rings is 1. The molecule has 7 nitrogen and oxygen atoms in total. The summed E-state index contributed by atoms with van der Waals surface area (Å²) in [5.41, 5.74) is 1.81. The van der Waals surface area contributed by atoms with Gasteiger partial charge in [0.15, 0.2) is 11.5 Å². The summed E-state index contributed by atoms with van der Waals surface area (Å²) >= 11 is 0. The van der Waals surface area contributed by atoms with E-state index in [0.29, 0.717) is 32.1 Å². The SMILES string of the molecule is COC(=O)[C@@H]1CCCN1CC=Cc1cc(CN2CCOCC2)c(O)c(OC)c1. The second-order valence-corrected chi connectivity index (χ2v) is 7.20. The summed E-state index contributed by atoms with van der Waals surface area (Å²) < 4.78 is 15.7. The monoisotopic (exact) mass is 390 g/mol. The van der Waals surface area contributed by atoms with Gasteiger partial charge in [0.05, 0.1) is 27.4 Å². The average Bonchev–Trinajstić information content (AvgIpc) is 3.19. The van der Waals surface area contributed by atoms with Crippen molar-refractivity contribution in [1.82, 2.24) is 9.80 Å². The van der Waals surface area contributed by atoms with Crippen molar-refractivity contribution >= 4 is 12.0 Å². The number of phenols is 1. The molecule has 1 atom stereocenters. The van der Waals surface area contributed by atoms with Gasteiger partial charge in [-0.2, -0.15) is 0 Å². The van der Waals surface area contributed by atoms with E-state index in [1.807, 2.05) is 24.3 Å². The van der Waals surface area contributed by atoms with E-state index in [4.69, 9.17) is 14.2 Å². The van der Waals surface area contributed by atoms with Crippen LogP contribution in [-0.2, 0) is 20.8 Å². The number of nitrogens with zero attached hydrogens (tertiary/aromatic N) is 2. The molecule has 0 aliphatic carbocycles. The van der Waals surface area contributed by atoms with Crippen molar-refractivity contribution in [2.75, 3.05) is 53.6 Å². The Morgan fingerprint density at radius 1 is 1.29 bits per heavy atom. The molecule has 2 aliphatic rings. The highest BCUT2D eigenvalue weighted by molar-refractivity contribution is 5.76. The van der Waals surface area contributed by atoms with Crippen LogP contribution in [0.3, 0.4) is 0 Å². The third kappa shape index (κ3) is 5.04. The molecule has 3 rings (SSSR count). The molecule has 1 N–H and O–H groups in total. The van der Waals surface area contributed by atoms with Gasteiger partial charge in [-0.05, 0) is 37.1 Å². The lowest BCUT2D eigenvalue weighted by atomic mass is 10.1. The number of aromatic hydroxyl groups is 1. The molecule has 28 heavy (non-hydrogen) atoms. The van der Waals surface area contributed by atoms with Crippen LogP contribution in [0, 0.1) is 0 Å². The highest BCUT2D eigenvalue weighted by Crippen LogP contribution is 2.33. The number of ether oxygens (including phenoxy) is 3. The van der Waals surface area contributed by atoms with Gasteiger partial charge in [-0.3, -0.25) is 14.6 Å². The molecular formula is C21H30N2O5. The largest absolute Gasteiger partial charge is 0.504 e. The Balaban J connectivity index is 1.69. The number of carbonyl (C=O) groups is 1. The van der Waals surface area contributed by atoms with Crippen molar-refractivity contribution in [3.05, 3.63) is 29.3 Å². The third-order valence-electron chi connectivity index (χ3n) is 5.38. The van der Waals surface area contributed by atoms with Gasteiger partial charge < -0.3 is 19.3 Å². The zero-order chi connectivity index (χ0) is 19.9. The van der Waals surface area contributed by atoms with Gasteiger partial charge in [-0.1, -0.05) is 12.2 Å². The van der Waals surface area contributed by atoms with Crippen LogP contribution in [0.2, 0.25) is 0 Å². The van der Waals surface area contributed by atoms with Crippen LogP contribution in [0.1, 0.15) is 24.0 Å². The van der Waals surface area contributed by atoms with E-state index < -0.39 is 0 Å². The first-order valence-corrected chi connectivity index (χ1v) is 9.80. The highest BCUT2D eigenvalue weighted by Gasteiger charge is 2.30. The topological polar surface area (TPSA) is 71.5 Å². The smallest absolute Gasteiger partial charge is 0.323 e. The van der Waals surface area contributed by atoms with E-state index in [1.54, 1.807) is 7.11 Å². The molecule has 2 heterocycles. The lowest BCUT2D eigenvalue weighted by Gasteiger charge is -2.27. The van der Waals surface area contributed by atoms with Crippen LogP contribution < -0.4 is 4.74 Å². The fraction of sp³-hybridized carbons (Fsp3) is 0.571. The Kier molecular flexibility index (Phi) is 7.30. The second kappa shape index (κ2) is 9.91.